The average molecular weight is 412 g/mol. The van der Waals surface area contributed by atoms with Gasteiger partial charge in [0.05, 0.1) is 5.02 Å². The van der Waals surface area contributed by atoms with Gasteiger partial charge in [-0.3, -0.25) is 4.79 Å². The molecule has 0 spiro atoms. The second-order valence-corrected chi connectivity index (χ2v) is 6.70. The molecule has 2 rings (SSSR count). The van der Waals surface area contributed by atoms with Crippen molar-refractivity contribution in [1.82, 2.24) is 4.90 Å². The molecular formula is C14H16Cl2INO. The predicted molar refractivity (Wildman–Crippen MR) is 88.2 cm³/mol. The fourth-order valence-corrected chi connectivity index (χ4v) is 3.26. The molecule has 1 aliphatic heterocycles. The van der Waals surface area contributed by atoms with E-state index in [1.807, 2.05) is 17.0 Å². The first-order valence-electron chi connectivity index (χ1n) is 6.45. The fraction of sp³-hybridized carbons (Fsp3) is 0.500. The lowest BCUT2D eigenvalue weighted by atomic mass is 9.99. The normalized spacial score (nSPS) is 19.5. The molecule has 1 aromatic rings. The Morgan fingerprint density at radius 3 is 2.89 bits per heavy atom. The summed E-state index contributed by atoms with van der Waals surface area (Å²) in [4.78, 5) is 14.5. The number of piperidine rings is 1. The minimum atomic E-state index is 0.0770. The minimum Gasteiger partial charge on any atom is -0.336 e. The Morgan fingerprint density at radius 2 is 2.21 bits per heavy atom. The van der Waals surface area contributed by atoms with Crippen LogP contribution < -0.4 is 0 Å². The number of amides is 1. The van der Waals surface area contributed by atoms with Crippen molar-refractivity contribution in [2.45, 2.75) is 31.7 Å². The summed E-state index contributed by atoms with van der Waals surface area (Å²) < 4.78 is 0.965. The maximum atomic E-state index is 12.6. The highest BCUT2D eigenvalue weighted by atomic mass is 127. The van der Waals surface area contributed by atoms with E-state index in [2.05, 4.69) is 22.6 Å². The van der Waals surface area contributed by atoms with Crippen molar-refractivity contribution in [2.24, 2.45) is 0 Å². The van der Waals surface area contributed by atoms with Gasteiger partial charge in [-0.1, -0.05) is 11.6 Å². The van der Waals surface area contributed by atoms with Crippen LogP contribution in [0.15, 0.2) is 18.2 Å². The molecule has 1 fully saturated rings. The van der Waals surface area contributed by atoms with Crippen molar-refractivity contribution < 1.29 is 4.79 Å². The number of benzene rings is 1. The van der Waals surface area contributed by atoms with E-state index in [0.29, 0.717) is 16.5 Å². The first-order chi connectivity index (χ1) is 9.13. The summed E-state index contributed by atoms with van der Waals surface area (Å²) in [7, 11) is 0. The zero-order valence-electron chi connectivity index (χ0n) is 10.5. The first kappa shape index (κ1) is 15.4. The van der Waals surface area contributed by atoms with Gasteiger partial charge in [-0.2, -0.15) is 0 Å². The van der Waals surface area contributed by atoms with Crippen molar-refractivity contribution in [3.8, 4) is 0 Å². The molecule has 1 atom stereocenters. The van der Waals surface area contributed by atoms with E-state index in [1.54, 1.807) is 6.07 Å². The van der Waals surface area contributed by atoms with Gasteiger partial charge in [0, 0.05) is 27.6 Å². The smallest absolute Gasteiger partial charge is 0.254 e. The van der Waals surface area contributed by atoms with Crippen LogP contribution in [0.25, 0.3) is 0 Å². The van der Waals surface area contributed by atoms with Crippen molar-refractivity contribution in [1.29, 1.82) is 0 Å². The van der Waals surface area contributed by atoms with Gasteiger partial charge in [0.15, 0.2) is 0 Å². The summed E-state index contributed by atoms with van der Waals surface area (Å²) in [6.07, 6.45) is 4.17. The number of carbonyl (C=O) groups excluding carboxylic acids is 1. The molecule has 2 nitrogen and oxygen atoms in total. The molecule has 1 heterocycles. The van der Waals surface area contributed by atoms with Crippen molar-refractivity contribution in [3.05, 3.63) is 32.4 Å². The van der Waals surface area contributed by atoms with E-state index in [-0.39, 0.29) is 11.9 Å². The highest BCUT2D eigenvalue weighted by Gasteiger charge is 2.27. The molecule has 1 aliphatic rings. The Balaban J connectivity index is 2.18. The van der Waals surface area contributed by atoms with Crippen molar-refractivity contribution in [3.63, 3.8) is 0 Å². The second-order valence-electron chi connectivity index (χ2n) is 4.75. The molecule has 1 unspecified atom stereocenters. The summed E-state index contributed by atoms with van der Waals surface area (Å²) in [5.74, 6) is 0.676. The SMILES string of the molecule is O=C(c1ccc(I)c(Cl)c1)N1CCCCC1CCCl. The highest BCUT2D eigenvalue weighted by Crippen LogP contribution is 2.25. The van der Waals surface area contributed by atoms with Crippen LogP contribution in [0, 0.1) is 3.57 Å². The van der Waals surface area contributed by atoms with Gasteiger partial charge >= 0.3 is 0 Å². The first-order valence-corrected chi connectivity index (χ1v) is 8.44. The van der Waals surface area contributed by atoms with Gasteiger partial charge in [-0.15, -0.1) is 11.6 Å². The Morgan fingerprint density at radius 1 is 1.42 bits per heavy atom. The van der Waals surface area contributed by atoms with Crippen LogP contribution in [0.5, 0.6) is 0 Å². The second kappa shape index (κ2) is 7.14. The van der Waals surface area contributed by atoms with Gasteiger partial charge in [0.1, 0.15) is 0 Å². The van der Waals surface area contributed by atoms with Crippen LogP contribution in [-0.2, 0) is 0 Å². The third-order valence-electron chi connectivity index (χ3n) is 3.50. The summed E-state index contributed by atoms with van der Waals surface area (Å²) in [6.45, 7) is 0.823. The molecule has 0 bridgehead atoms. The Hall–Kier alpha value is -0.000000000000000167. The van der Waals surface area contributed by atoms with E-state index in [9.17, 15) is 4.79 Å². The third kappa shape index (κ3) is 3.76. The molecule has 19 heavy (non-hydrogen) atoms. The molecular weight excluding hydrogens is 396 g/mol. The third-order valence-corrected chi connectivity index (χ3v) is 5.29. The number of carbonyl (C=O) groups is 1. The molecule has 1 amide bonds. The van der Waals surface area contributed by atoms with Gasteiger partial charge < -0.3 is 4.90 Å². The Bertz CT molecular complexity index is 465. The number of hydrogen-bond acceptors (Lipinski definition) is 1. The molecule has 5 heteroatoms. The van der Waals surface area contributed by atoms with Gasteiger partial charge in [-0.05, 0) is 66.5 Å². The standard InChI is InChI=1S/C14H16Cl2INO/c15-7-6-11-3-1-2-8-18(11)14(19)10-4-5-13(17)12(16)9-10/h4-5,9,11H,1-3,6-8H2. The van der Waals surface area contributed by atoms with Crippen LogP contribution in [0.2, 0.25) is 5.02 Å². The Labute approximate surface area is 137 Å². The largest absolute Gasteiger partial charge is 0.336 e. The van der Waals surface area contributed by atoms with Gasteiger partial charge in [-0.25, -0.2) is 0 Å². The molecule has 0 N–H and O–H groups in total. The number of halogens is 3. The van der Waals surface area contributed by atoms with Crippen molar-refractivity contribution in [2.75, 3.05) is 12.4 Å². The van der Waals surface area contributed by atoms with Crippen LogP contribution in [-0.4, -0.2) is 29.3 Å². The molecule has 1 aromatic carbocycles. The predicted octanol–water partition coefficient (Wildman–Crippen LogP) is 4.57. The van der Waals surface area contributed by atoms with Crippen LogP contribution in [0.4, 0.5) is 0 Å². The van der Waals surface area contributed by atoms with Crippen molar-refractivity contribution >= 4 is 51.7 Å². The fourth-order valence-electron chi connectivity index (χ4n) is 2.49. The monoisotopic (exact) mass is 411 g/mol. The van der Waals surface area contributed by atoms with E-state index < -0.39 is 0 Å². The van der Waals surface area contributed by atoms with Crippen LogP contribution in [0.1, 0.15) is 36.0 Å². The molecule has 0 aromatic heterocycles. The van der Waals surface area contributed by atoms with Gasteiger partial charge in [0.25, 0.3) is 5.91 Å². The minimum absolute atomic E-state index is 0.0770. The lowest BCUT2D eigenvalue weighted by Gasteiger charge is -2.35. The summed E-state index contributed by atoms with van der Waals surface area (Å²) in [5.41, 5.74) is 0.673. The van der Waals surface area contributed by atoms with Crippen LogP contribution in [0.3, 0.4) is 0 Å². The van der Waals surface area contributed by atoms with Crippen LogP contribution >= 0.6 is 45.8 Å². The van der Waals surface area contributed by atoms with E-state index >= 15 is 0 Å². The average Bonchev–Trinajstić information content (AvgIpc) is 2.42. The Kier molecular flexibility index (Phi) is 5.78. The molecule has 104 valence electrons. The summed E-state index contributed by atoms with van der Waals surface area (Å²) in [5, 5.41) is 0.636. The molecule has 0 aliphatic carbocycles. The quantitative estimate of drug-likeness (QED) is 0.527. The number of rotatable bonds is 3. The van der Waals surface area contributed by atoms with E-state index in [4.69, 9.17) is 23.2 Å². The number of hydrogen-bond donors (Lipinski definition) is 0. The lowest BCUT2D eigenvalue weighted by molar-refractivity contribution is 0.0609. The highest BCUT2D eigenvalue weighted by molar-refractivity contribution is 14.1. The number of nitrogens with zero attached hydrogens (tertiary/aromatic N) is 1. The zero-order chi connectivity index (χ0) is 13.8. The maximum Gasteiger partial charge on any atom is 0.254 e. The molecule has 1 saturated heterocycles. The summed E-state index contributed by atoms with van der Waals surface area (Å²) >= 11 is 14.1. The molecule has 0 radical (unpaired) electrons. The maximum absolute atomic E-state index is 12.6. The van der Waals surface area contributed by atoms with Gasteiger partial charge in [0.2, 0.25) is 0 Å². The topological polar surface area (TPSA) is 20.3 Å². The number of likely N-dealkylation sites (tertiary alicyclic amines) is 1. The van der Waals surface area contributed by atoms with E-state index in [1.165, 1.54) is 6.42 Å². The van der Waals surface area contributed by atoms with E-state index in [0.717, 1.165) is 29.4 Å². The lowest BCUT2D eigenvalue weighted by Crippen LogP contribution is -2.44. The number of alkyl halides is 1. The molecule has 0 saturated carbocycles. The summed E-state index contributed by atoms with van der Waals surface area (Å²) in [6, 6.07) is 5.77. The zero-order valence-corrected chi connectivity index (χ0v) is 14.2.